The van der Waals surface area contributed by atoms with Gasteiger partial charge in [0, 0.05) is 6.42 Å². The van der Waals surface area contributed by atoms with E-state index < -0.39 is 23.6 Å². The van der Waals surface area contributed by atoms with Crippen LogP contribution in [0.25, 0.3) is 0 Å². The Morgan fingerprint density at radius 1 is 1.27 bits per heavy atom. The summed E-state index contributed by atoms with van der Waals surface area (Å²) in [5.41, 5.74) is 0.899. The van der Waals surface area contributed by atoms with Gasteiger partial charge in [-0.15, -0.1) is 0 Å². The van der Waals surface area contributed by atoms with Gasteiger partial charge in [0.1, 0.15) is 17.7 Å². The van der Waals surface area contributed by atoms with Crippen LogP contribution in [0.5, 0.6) is 0 Å². The number of rotatable bonds is 1. The van der Waals surface area contributed by atoms with Crippen molar-refractivity contribution in [3.63, 3.8) is 0 Å². The van der Waals surface area contributed by atoms with Crippen LogP contribution in [0.3, 0.4) is 0 Å². The Balaban J connectivity index is 1.74. The lowest BCUT2D eigenvalue weighted by Crippen LogP contribution is -2.45. The molecule has 2 saturated heterocycles. The molecule has 114 valence electrons. The van der Waals surface area contributed by atoms with Crippen LogP contribution in [-0.2, 0) is 26.3 Å². The first kappa shape index (κ1) is 13.3. The van der Waals surface area contributed by atoms with Gasteiger partial charge in [-0.3, -0.25) is 4.79 Å². The number of aryl methyl sites for hydroxylation is 1. The third-order valence-corrected chi connectivity index (χ3v) is 4.83. The van der Waals surface area contributed by atoms with Gasteiger partial charge in [0.2, 0.25) is 0 Å². The maximum absolute atomic E-state index is 13.0. The molecule has 2 heterocycles. The Morgan fingerprint density at radius 2 is 2.05 bits per heavy atom. The maximum Gasteiger partial charge on any atom is 0.329 e. The number of urea groups is 1. The summed E-state index contributed by atoms with van der Waals surface area (Å²) >= 11 is 0. The highest BCUT2D eigenvalue weighted by Gasteiger charge is 2.59. The van der Waals surface area contributed by atoms with Gasteiger partial charge in [-0.1, -0.05) is 24.3 Å². The number of carbonyl (C=O) groups is 3. The van der Waals surface area contributed by atoms with Gasteiger partial charge in [-0.2, -0.15) is 0 Å². The van der Waals surface area contributed by atoms with Gasteiger partial charge in [0.25, 0.3) is 5.91 Å². The highest BCUT2D eigenvalue weighted by Crippen LogP contribution is 2.42. The first-order chi connectivity index (χ1) is 10.5. The normalized spacial score (nSPS) is 33.3. The molecular formula is C16H16N2O4. The molecule has 0 aromatic heterocycles. The molecule has 1 spiro atoms. The minimum atomic E-state index is -1.01. The number of imide groups is 1. The number of hydrogen-bond donors (Lipinski definition) is 1. The Bertz CT molecular complexity index is 701. The predicted octanol–water partition coefficient (Wildman–Crippen LogP) is 1.08. The van der Waals surface area contributed by atoms with Crippen LogP contribution in [0.15, 0.2) is 24.3 Å². The van der Waals surface area contributed by atoms with Crippen molar-refractivity contribution in [2.24, 2.45) is 0 Å². The molecule has 1 aromatic carbocycles. The molecule has 3 aliphatic rings. The molecule has 2 aliphatic heterocycles. The Morgan fingerprint density at radius 3 is 2.77 bits per heavy atom. The van der Waals surface area contributed by atoms with Crippen LogP contribution in [-0.4, -0.2) is 35.0 Å². The molecule has 2 fully saturated rings. The summed E-state index contributed by atoms with van der Waals surface area (Å²) in [5, 5.41) is 2.83. The van der Waals surface area contributed by atoms with Crippen LogP contribution < -0.4 is 5.32 Å². The summed E-state index contributed by atoms with van der Waals surface area (Å²) < 4.78 is 5.09. The zero-order chi connectivity index (χ0) is 15.5. The zero-order valence-corrected chi connectivity index (χ0v) is 12.2. The van der Waals surface area contributed by atoms with Crippen molar-refractivity contribution in [3.8, 4) is 0 Å². The SMILES string of the molecule is C[C@@H]1C[C@@H](N2C(=O)N[C@]3(CCc4ccccc43)C2=O)C(=O)O1. The van der Waals surface area contributed by atoms with E-state index >= 15 is 0 Å². The molecular weight excluding hydrogens is 284 g/mol. The van der Waals surface area contributed by atoms with E-state index in [1.807, 2.05) is 24.3 Å². The summed E-state index contributed by atoms with van der Waals surface area (Å²) in [6.45, 7) is 1.76. The summed E-state index contributed by atoms with van der Waals surface area (Å²) in [4.78, 5) is 38.3. The Hall–Kier alpha value is -2.37. The van der Waals surface area contributed by atoms with E-state index in [-0.39, 0.29) is 12.0 Å². The lowest BCUT2D eigenvalue weighted by Gasteiger charge is -2.23. The van der Waals surface area contributed by atoms with Gasteiger partial charge in [0.05, 0.1) is 0 Å². The summed E-state index contributed by atoms with van der Waals surface area (Å²) in [6.07, 6.45) is 1.35. The van der Waals surface area contributed by atoms with E-state index in [9.17, 15) is 14.4 Å². The Labute approximate surface area is 127 Å². The molecule has 0 saturated carbocycles. The largest absolute Gasteiger partial charge is 0.461 e. The number of ether oxygens (including phenoxy) is 1. The monoisotopic (exact) mass is 300 g/mol. The molecule has 6 nitrogen and oxygen atoms in total. The second kappa shape index (κ2) is 4.32. The molecule has 3 amide bonds. The molecule has 22 heavy (non-hydrogen) atoms. The minimum Gasteiger partial charge on any atom is -0.461 e. The molecule has 1 N–H and O–H groups in total. The smallest absolute Gasteiger partial charge is 0.329 e. The van der Waals surface area contributed by atoms with E-state index in [0.717, 1.165) is 22.4 Å². The number of benzene rings is 1. The van der Waals surface area contributed by atoms with Crippen molar-refractivity contribution < 1.29 is 19.1 Å². The Kier molecular flexibility index (Phi) is 2.61. The van der Waals surface area contributed by atoms with Crippen molar-refractivity contribution in [3.05, 3.63) is 35.4 Å². The molecule has 1 aromatic rings. The van der Waals surface area contributed by atoms with Crippen LogP contribution in [0.1, 0.15) is 30.9 Å². The maximum atomic E-state index is 13.0. The van der Waals surface area contributed by atoms with E-state index in [1.165, 1.54) is 0 Å². The van der Waals surface area contributed by atoms with Crippen molar-refractivity contribution in [1.29, 1.82) is 0 Å². The molecule has 1 aliphatic carbocycles. The fourth-order valence-electron chi connectivity index (χ4n) is 3.79. The third kappa shape index (κ3) is 1.58. The fraction of sp³-hybridized carbons (Fsp3) is 0.438. The molecule has 0 bridgehead atoms. The van der Waals surface area contributed by atoms with Crippen LogP contribution in [0.2, 0.25) is 0 Å². The van der Waals surface area contributed by atoms with Crippen molar-refractivity contribution >= 4 is 17.9 Å². The van der Waals surface area contributed by atoms with Gasteiger partial charge >= 0.3 is 12.0 Å². The summed E-state index contributed by atoms with van der Waals surface area (Å²) in [7, 11) is 0. The lowest BCUT2D eigenvalue weighted by atomic mass is 9.91. The second-order valence-electron chi connectivity index (χ2n) is 6.17. The van der Waals surface area contributed by atoms with Crippen LogP contribution >= 0.6 is 0 Å². The molecule has 0 radical (unpaired) electrons. The molecule has 3 atom stereocenters. The van der Waals surface area contributed by atoms with Crippen LogP contribution in [0, 0.1) is 0 Å². The standard InChI is InChI=1S/C16H16N2O4/c1-9-8-12(13(19)22-9)18-14(20)16(17-15(18)21)7-6-10-4-2-3-5-11(10)16/h2-5,9,12H,6-8H2,1H3,(H,17,21)/t9-,12-,16+/m1/s1. The zero-order valence-electron chi connectivity index (χ0n) is 12.2. The lowest BCUT2D eigenvalue weighted by molar-refractivity contribution is -0.147. The fourth-order valence-corrected chi connectivity index (χ4v) is 3.79. The highest BCUT2D eigenvalue weighted by molar-refractivity contribution is 6.10. The molecule has 0 unspecified atom stereocenters. The van der Waals surface area contributed by atoms with E-state index in [2.05, 4.69) is 5.32 Å². The number of nitrogens with zero attached hydrogens (tertiary/aromatic N) is 1. The van der Waals surface area contributed by atoms with Gasteiger partial charge < -0.3 is 10.1 Å². The first-order valence-electron chi connectivity index (χ1n) is 7.47. The van der Waals surface area contributed by atoms with Gasteiger partial charge in [-0.05, 0) is 30.9 Å². The average Bonchev–Trinajstić information content (AvgIpc) is 3.09. The molecule has 4 rings (SSSR count). The van der Waals surface area contributed by atoms with Crippen molar-refractivity contribution in [2.45, 2.75) is 43.9 Å². The van der Waals surface area contributed by atoms with E-state index in [1.54, 1.807) is 6.92 Å². The van der Waals surface area contributed by atoms with E-state index in [0.29, 0.717) is 12.8 Å². The number of esters is 1. The number of cyclic esters (lactones) is 1. The van der Waals surface area contributed by atoms with Gasteiger partial charge in [0.15, 0.2) is 0 Å². The quantitative estimate of drug-likeness (QED) is 0.622. The summed E-state index contributed by atoms with van der Waals surface area (Å²) in [6, 6.07) is 6.32. The number of nitrogens with one attached hydrogen (secondary N) is 1. The minimum absolute atomic E-state index is 0.273. The van der Waals surface area contributed by atoms with Crippen LogP contribution in [0.4, 0.5) is 4.79 Å². The van der Waals surface area contributed by atoms with Gasteiger partial charge in [-0.25, -0.2) is 14.5 Å². The number of hydrogen-bond acceptors (Lipinski definition) is 4. The highest BCUT2D eigenvalue weighted by atomic mass is 16.6. The van der Waals surface area contributed by atoms with Crippen molar-refractivity contribution in [2.75, 3.05) is 0 Å². The third-order valence-electron chi connectivity index (χ3n) is 4.83. The number of fused-ring (bicyclic) bond motifs is 2. The summed E-state index contributed by atoms with van der Waals surface area (Å²) in [5.74, 6) is -0.835. The number of amides is 3. The molecule has 6 heteroatoms. The van der Waals surface area contributed by atoms with Crippen molar-refractivity contribution in [1.82, 2.24) is 10.2 Å². The average molecular weight is 300 g/mol. The topological polar surface area (TPSA) is 75.7 Å². The first-order valence-corrected chi connectivity index (χ1v) is 7.47. The second-order valence-corrected chi connectivity index (χ2v) is 6.17. The van der Waals surface area contributed by atoms with E-state index in [4.69, 9.17) is 4.74 Å². The number of carbonyl (C=O) groups excluding carboxylic acids is 3. The predicted molar refractivity (Wildman–Crippen MR) is 75.8 cm³/mol.